The molecule has 5 nitrogen and oxygen atoms in total. The van der Waals surface area contributed by atoms with E-state index in [1.807, 2.05) is 13.8 Å². The molecule has 0 aromatic rings. The summed E-state index contributed by atoms with van der Waals surface area (Å²) in [6.45, 7) is 11.1. The highest BCUT2D eigenvalue weighted by atomic mass is 16.5. The van der Waals surface area contributed by atoms with Crippen molar-refractivity contribution in [2.75, 3.05) is 47.0 Å². The number of aliphatic hydroxyl groups excluding tert-OH is 1. The van der Waals surface area contributed by atoms with Gasteiger partial charge in [0, 0.05) is 18.6 Å². The van der Waals surface area contributed by atoms with Crippen molar-refractivity contribution in [2.24, 2.45) is 0 Å². The van der Waals surface area contributed by atoms with Crippen molar-refractivity contribution >= 4 is 0 Å². The van der Waals surface area contributed by atoms with Crippen LogP contribution in [-0.2, 0) is 9.47 Å². The first-order valence-corrected chi connectivity index (χ1v) is 7.01. The second-order valence-electron chi connectivity index (χ2n) is 5.99. The Kier molecular flexibility index (Phi) is 9.56. The first-order valence-electron chi connectivity index (χ1n) is 7.01. The molecule has 0 spiro atoms. The van der Waals surface area contributed by atoms with E-state index in [4.69, 9.17) is 9.47 Å². The van der Waals surface area contributed by atoms with Crippen LogP contribution in [0.2, 0.25) is 0 Å². The second kappa shape index (κ2) is 9.66. The number of aliphatic hydroxyl groups is 1. The van der Waals surface area contributed by atoms with Gasteiger partial charge < -0.3 is 24.8 Å². The van der Waals surface area contributed by atoms with Gasteiger partial charge >= 0.3 is 0 Å². The molecule has 19 heavy (non-hydrogen) atoms. The lowest BCUT2D eigenvalue weighted by Gasteiger charge is -2.33. The molecular formula is C14H32N2O3. The van der Waals surface area contributed by atoms with Gasteiger partial charge in [-0.1, -0.05) is 0 Å². The largest absolute Gasteiger partial charge is 0.389 e. The topological polar surface area (TPSA) is 54.0 Å². The zero-order chi connectivity index (χ0) is 14.9. The Labute approximate surface area is 118 Å². The predicted octanol–water partition coefficient (Wildman–Crippen LogP) is 0.719. The van der Waals surface area contributed by atoms with Gasteiger partial charge in [-0.15, -0.1) is 0 Å². The molecule has 1 unspecified atom stereocenters. The number of rotatable bonds is 11. The lowest BCUT2D eigenvalue weighted by molar-refractivity contribution is -0.0105. The van der Waals surface area contributed by atoms with Gasteiger partial charge in [0.15, 0.2) is 0 Å². The average molecular weight is 276 g/mol. The lowest BCUT2D eigenvalue weighted by Crippen LogP contribution is -2.48. The van der Waals surface area contributed by atoms with E-state index >= 15 is 0 Å². The Hall–Kier alpha value is -0.200. The summed E-state index contributed by atoms with van der Waals surface area (Å²) >= 11 is 0. The fraction of sp³-hybridized carbons (Fsp3) is 1.00. The molecule has 0 aliphatic carbocycles. The maximum Gasteiger partial charge on any atom is 0.0897 e. The second-order valence-corrected chi connectivity index (χ2v) is 5.99. The quantitative estimate of drug-likeness (QED) is 0.545. The molecule has 0 bridgehead atoms. The number of hydrogen-bond acceptors (Lipinski definition) is 5. The van der Waals surface area contributed by atoms with Gasteiger partial charge in [0.05, 0.1) is 32.0 Å². The average Bonchev–Trinajstić information content (AvgIpc) is 2.27. The van der Waals surface area contributed by atoms with Crippen LogP contribution in [0.1, 0.15) is 27.7 Å². The minimum absolute atomic E-state index is 0.0751. The lowest BCUT2D eigenvalue weighted by atomic mass is 10.0. The number of nitrogens with one attached hydrogen (secondary N) is 1. The van der Waals surface area contributed by atoms with Crippen molar-refractivity contribution < 1.29 is 14.6 Å². The summed E-state index contributed by atoms with van der Waals surface area (Å²) in [4.78, 5) is 2.16. The summed E-state index contributed by atoms with van der Waals surface area (Å²) in [6, 6.07) is 0. The predicted molar refractivity (Wildman–Crippen MR) is 78.5 cm³/mol. The molecule has 0 aliphatic heterocycles. The minimum Gasteiger partial charge on any atom is -0.389 e. The molecule has 0 fully saturated rings. The van der Waals surface area contributed by atoms with Gasteiger partial charge in [0.2, 0.25) is 0 Å². The van der Waals surface area contributed by atoms with Crippen LogP contribution in [-0.4, -0.2) is 74.8 Å². The molecule has 2 N–H and O–H groups in total. The van der Waals surface area contributed by atoms with Gasteiger partial charge in [-0.2, -0.15) is 0 Å². The van der Waals surface area contributed by atoms with E-state index in [0.717, 1.165) is 6.54 Å². The highest BCUT2D eigenvalue weighted by Gasteiger charge is 2.19. The van der Waals surface area contributed by atoms with E-state index in [0.29, 0.717) is 26.4 Å². The van der Waals surface area contributed by atoms with E-state index < -0.39 is 6.10 Å². The molecular weight excluding hydrogens is 244 g/mol. The Bertz CT molecular complexity index is 221. The van der Waals surface area contributed by atoms with Gasteiger partial charge in [-0.25, -0.2) is 0 Å². The van der Waals surface area contributed by atoms with Crippen LogP contribution in [0, 0.1) is 0 Å². The van der Waals surface area contributed by atoms with Crippen molar-refractivity contribution in [3.05, 3.63) is 0 Å². The SMILES string of the molecule is CC(C)OCCOCC(O)CNCC(C)(C)N(C)C. The normalized spacial score (nSPS) is 14.4. The van der Waals surface area contributed by atoms with E-state index in [-0.39, 0.29) is 11.6 Å². The van der Waals surface area contributed by atoms with Gasteiger partial charge in [-0.3, -0.25) is 0 Å². The molecule has 116 valence electrons. The Morgan fingerprint density at radius 3 is 2.37 bits per heavy atom. The monoisotopic (exact) mass is 276 g/mol. The zero-order valence-corrected chi connectivity index (χ0v) is 13.4. The number of ether oxygens (including phenoxy) is 2. The fourth-order valence-corrected chi connectivity index (χ4v) is 1.32. The Morgan fingerprint density at radius 1 is 1.21 bits per heavy atom. The maximum absolute atomic E-state index is 9.75. The van der Waals surface area contributed by atoms with Crippen LogP contribution in [0.15, 0.2) is 0 Å². The van der Waals surface area contributed by atoms with E-state index in [1.54, 1.807) is 0 Å². The van der Waals surface area contributed by atoms with Gasteiger partial charge in [-0.05, 0) is 41.8 Å². The molecule has 0 saturated heterocycles. The van der Waals surface area contributed by atoms with Crippen molar-refractivity contribution in [2.45, 2.75) is 45.4 Å². The number of nitrogens with zero attached hydrogens (tertiary/aromatic N) is 1. The zero-order valence-electron chi connectivity index (χ0n) is 13.4. The molecule has 0 heterocycles. The van der Waals surface area contributed by atoms with Crippen LogP contribution < -0.4 is 5.32 Å². The van der Waals surface area contributed by atoms with Crippen LogP contribution in [0.5, 0.6) is 0 Å². The molecule has 0 aromatic heterocycles. The molecule has 5 heteroatoms. The van der Waals surface area contributed by atoms with Crippen molar-refractivity contribution in [3.8, 4) is 0 Å². The summed E-state index contributed by atoms with van der Waals surface area (Å²) in [5.41, 5.74) is 0.0751. The molecule has 0 aromatic carbocycles. The van der Waals surface area contributed by atoms with Gasteiger partial charge in [0.1, 0.15) is 0 Å². The molecule has 0 radical (unpaired) electrons. The van der Waals surface area contributed by atoms with Crippen molar-refractivity contribution in [3.63, 3.8) is 0 Å². The van der Waals surface area contributed by atoms with Crippen molar-refractivity contribution in [1.29, 1.82) is 0 Å². The third kappa shape index (κ3) is 10.3. The Balaban J connectivity index is 3.52. The first kappa shape index (κ1) is 18.8. The Morgan fingerprint density at radius 2 is 1.84 bits per heavy atom. The maximum atomic E-state index is 9.75. The fourth-order valence-electron chi connectivity index (χ4n) is 1.32. The van der Waals surface area contributed by atoms with Crippen LogP contribution in [0.3, 0.4) is 0 Å². The summed E-state index contributed by atoms with van der Waals surface area (Å²) in [7, 11) is 4.10. The summed E-state index contributed by atoms with van der Waals surface area (Å²) in [5.74, 6) is 0. The number of likely N-dealkylation sites (N-methyl/N-ethyl adjacent to an activating group) is 1. The third-order valence-corrected chi connectivity index (χ3v) is 3.14. The van der Waals surface area contributed by atoms with Crippen LogP contribution >= 0.6 is 0 Å². The van der Waals surface area contributed by atoms with Gasteiger partial charge in [0.25, 0.3) is 0 Å². The van der Waals surface area contributed by atoms with E-state index in [2.05, 4.69) is 38.2 Å². The van der Waals surface area contributed by atoms with E-state index in [9.17, 15) is 5.11 Å². The van der Waals surface area contributed by atoms with Crippen LogP contribution in [0.25, 0.3) is 0 Å². The van der Waals surface area contributed by atoms with E-state index in [1.165, 1.54) is 0 Å². The highest BCUT2D eigenvalue weighted by Crippen LogP contribution is 2.07. The highest BCUT2D eigenvalue weighted by molar-refractivity contribution is 4.80. The first-order chi connectivity index (χ1) is 8.75. The summed E-state index contributed by atoms with van der Waals surface area (Å²) in [6.07, 6.45) is -0.250. The summed E-state index contributed by atoms with van der Waals surface area (Å²) < 4.78 is 10.7. The number of hydrogen-bond donors (Lipinski definition) is 2. The smallest absolute Gasteiger partial charge is 0.0897 e. The minimum atomic E-state index is -0.475. The third-order valence-electron chi connectivity index (χ3n) is 3.14. The molecule has 1 atom stereocenters. The summed E-state index contributed by atoms with van der Waals surface area (Å²) in [5, 5.41) is 13.0. The van der Waals surface area contributed by atoms with Crippen LogP contribution in [0.4, 0.5) is 0 Å². The van der Waals surface area contributed by atoms with Crippen molar-refractivity contribution in [1.82, 2.24) is 10.2 Å². The molecule has 0 saturated carbocycles. The standard InChI is InChI=1S/C14H32N2O3/c1-12(2)19-8-7-18-10-13(17)9-15-11-14(3,4)16(5)6/h12-13,15,17H,7-11H2,1-6H3. The molecule has 0 aliphatic rings. The molecule has 0 rings (SSSR count). The molecule has 0 amide bonds.